The van der Waals surface area contributed by atoms with Gasteiger partial charge in [-0.05, 0) is 31.3 Å². The molecule has 0 aliphatic heterocycles. The molecule has 0 heterocycles. The first kappa shape index (κ1) is 8.87. The van der Waals surface area contributed by atoms with E-state index in [2.05, 4.69) is 10.6 Å². The molecule has 0 aromatic heterocycles. The summed E-state index contributed by atoms with van der Waals surface area (Å²) in [5, 5.41) is 6.18. The predicted molar refractivity (Wildman–Crippen MR) is 50.5 cm³/mol. The smallest absolute Gasteiger partial charge is 0.119 e. The minimum atomic E-state index is 0.770. The first-order chi connectivity index (χ1) is 5.86. The quantitative estimate of drug-likeness (QED) is 0.661. The third-order valence-corrected chi connectivity index (χ3v) is 1.56. The van der Waals surface area contributed by atoms with Gasteiger partial charge in [0, 0.05) is 5.69 Å². The highest BCUT2D eigenvalue weighted by molar-refractivity contribution is 5.46. The zero-order valence-electron chi connectivity index (χ0n) is 7.42. The fourth-order valence-electron chi connectivity index (χ4n) is 0.899. The Morgan fingerprint density at radius 3 is 2.42 bits per heavy atom. The summed E-state index contributed by atoms with van der Waals surface area (Å²) >= 11 is 0. The summed E-state index contributed by atoms with van der Waals surface area (Å²) in [7, 11) is 3.56. The van der Waals surface area contributed by atoms with Crippen LogP contribution in [0.5, 0.6) is 5.75 Å². The topological polar surface area (TPSA) is 33.3 Å². The van der Waals surface area contributed by atoms with Gasteiger partial charge in [-0.2, -0.15) is 0 Å². The Kier molecular flexibility index (Phi) is 3.41. The second-order valence-electron chi connectivity index (χ2n) is 2.44. The molecule has 0 saturated carbocycles. The first-order valence-corrected chi connectivity index (χ1v) is 3.89. The van der Waals surface area contributed by atoms with Crippen molar-refractivity contribution in [2.45, 2.75) is 0 Å². The molecule has 0 amide bonds. The number of nitrogens with one attached hydrogen (secondary N) is 2. The Morgan fingerprint density at radius 2 is 1.92 bits per heavy atom. The minimum Gasteiger partial charge on any atom is -0.497 e. The molecule has 0 bridgehead atoms. The molecular weight excluding hydrogens is 152 g/mol. The van der Waals surface area contributed by atoms with E-state index in [1.165, 1.54) is 0 Å². The van der Waals surface area contributed by atoms with Crippen LogP contribution in [0.3, 0.4) is 0 Å². The monoisotopic (exact) mass is 166 g/mol. The van der Waals surface area contributed by atoms with Crippen molar-refractivity contribution in [3.8, 4) is 5.75 Å². The largest absolute Gasteiger partial charge is 0.497 e. The highest BCUT2D eigenvalue weighted by Gasteiger charge is 1.90. The maximum absolute atomic E-state index is 5.03. The lowest BCUT2D eigenvalue weighted by Crippen LogP contribution is -2.16. The highest BCUT2D eigenvalue weighted by Crippen LogP contribution is 2.14. The molecule has 3 heteroatoms. The van der Waals surface area contributed by atoms with Crippen LogP contribution in [0, 0.1) is 0 Å². The number of anilines is 1. The zero-order chi connectivity index (χ0) is 8.81. The van der Waals surface area contributed by atoms with Gasteiger partial charge in [-0.3, -0.25) is 0 Å². The third kappa shape index (κ3) is 2.43. The number of hydrogen-bond acceptors (Lipinski definition) is 3. The molecule has 1 aromatic carbocycles. The second-order valence-corrected chi connectivity index (χ2v) is 2.44. The molecule has 0 fully saturated rings. The second kappa shape index (κ2) is 4.62. The van der Waals surface area contributed by atoms with Crippen molar-refractivity contribution in [2.75, 3.05) is 26.1 Å². The molecule has 0 aliphatic carbocycles. The van der Waals surface area contributed by atoms with Crippen molar-refractivity contribution in [1.82, 2.24) is 5.32 Å². The molecule has 1 aromatic rings. The Bertz CT molecular complexity index is 220. The van der Waals surface area contributed by atoms with Gasteiger partial charge < -0.3 is 15.4 Å². The number of hydrogen-bond donors (Lipinski definition) is 2. The molecule has 0 spiro atoms. The molecule has 3 nitrogen and oxygen atoms in total. The molecular formula is C9H14N2O. The molecule has 0 unspecified atom stereocenters. The Labute approximate surface area is 72.7 Å². The van der Waals surface area contributed by atoms with Crippen LogP contribution in [0.1, 0.15) is 0 Å². The van der Waals surface area contributed by atoms with E-state index in [1.54, 1.807) is 7.11 Å². The van der Waals surface area contributed by atoms with Crippen molar-refractivity contribution < 1.29 is 4.74 Å². The van der Waals surface area contributed by atoms with E-state index in [9.17, 15) is 0 Å². The molecule has 0 atom stereocenters. The van der Waals surface area contributed by atoms with E-state index in [1.807, 2.05) is 31.3 Å². The summed E-state index contributed by atoms with van der Waals surface area (Å²) < 4.78 is 5.03. The minimum absolute atomic E-state index is 0.770. The lowest BCUT2D eigenvalue weighted by molar-refractivity contribution is 0.415. The summed E-state index contributed by atoms with van der Waals surface area (Å²) in [5.74, 6) is 0.880. The maximum atomic E-state index is 5.03. The van der Waals surface area contributed by atoms with E-state index in [-0.39, 0.29) is 0 Å². The van der Waals surface area contributed by atoms with E-state index < -0.39 is 0 Å². The highest BCUT2D eigenvalue weighted by atomic mass is 16.5. The van der Waals surface area contributed by atoms with Gasteiger partial charge in [-0.25, -0.2) is 0 Å². The predicted octanol–water partition coefficient (Wildman–Crippen LogP) is 1.28. The normalized spacial score (nSPS) is 9.50. The van der Waals surface area contributed by atoms with Crippen LogP contribution < -0.4 is 15.4 Å². The SMILES string of the molecule is CNCNc1ccc(OC)cc1. The van der Waals surface area contributed by atoms with Crippen LogP contribution in [0.2, 0.25) is 0 Å². The lowest BCUT2D eigenvalue weighted by Gasteiger charge is -2.05. The van der Waals surface area contributed by atoms with Crippen molar-refractivity contribution in [3.05, 3.63) is 24.3 Å². The van der Waals surface area contributed by atoms with Gasteiger partial charge in [-0.1, -0.05) is 0 Å². The first-order valence-electron chi connectivity index (χ1n) is 3.89. The van der Waals surface area contributed by atoms with Gasteiger partial charge in [0.25, 0.3) is 0 Å². The van der Waals surface area contributed by atoms with Gasteiger partial charge in [0.15, 0.2) is 0 Å². The van der Waals surface area contributed by atoms with E-state index >= 15 is 0 Å². The Balaban J connectivity index is 2.53. The summed E-state index contributed by atoms with van der Waals surface area (Å²) in [6, 6.07) is 7.82. The molecule has 0 saturated heterocycles. The van der Waals surface area contributed by atoms with Gasteiger partial charge >= 0.3 is 0 Å². The van der Waals surface area contributed by atoms with Crippen LogP contribution in [0.15, 0.2) is 24.3 Å². The molecule has 2 N–H and O–H groups in total. The van der Waals surface area contributed by atoms with Crippen molar-refractivity contribution in [2.24, 2.45) is 0 Å². The fraction of sp³-hybridized carbons (Fsp3) is 0.333. The summed E-state index contributed by atoms with van der Waals surface area (Å²) in [6.45, 7) is 0.770. The van der Waals surface area contributed by atoms with Crippen molar-refractivity contribution in [1.29, 1.82) is 0 Å². The molecule has 66 valence electrons. The lowest BCUT2D eigenvalue weighted by atomic mass is 10.3. The van der Waals surface area contributed by atoms with Crippen molar-refractivity contribution in [3.63, 3.8) is 0 Å². The summed E-state index contributed by atoms with van der Waals surface area (Å²) in [6.07, 6.45) is 0. The Morgan fingerprint density at radius 1 is 1.25 bits per heavy atom. The average Bonchev–Trinajstić information content (AvgIpc) is 2.15. The third-order valence-electron chi connectivity index (χ3n) is 1.56. The van der Waals surface area contributed by atoms with E-state index in [0.717, 1.165) is 18.1 Å². The van der Waals surface area contributed by atoms with Gasteiger partial charge in [-0.15, -0.1) is 0 Å². The molecule has 12 heavy (non-hydrogen) atoms. The number of benzene rings is 1. The van der Waals surface area contributed by atoms with Crippen LogP contribution in [0.4, 0.5) is 5.69 Å². The number of rotatable bonds is 4. The summed E-state index contributed by atoms with van der Waals surface area (Å²) in [4.78, 5) is 0. The summed E-state index contributed by atoms with van der Waals surface area (Å²) in [5.41, 5.74) is 1.09. The number of methoxy groups -OCH3 is 1. The van der Waals surface area contributed by atoms with Crippen LogP contribution in [-0.2, 0) is 0 Å². The van der Waals surface area contributed by atoms with Crippen molar-refractivity contribution >= 4 is 5.69 Å². The average molecular weight is 166 g/mol. The Hall–Kier alpha value is -1.22. The molecule has 0 radical (unpaired) electrons. The fourth-order valence-corrected chi connectivity index (χ4v) is 0.899. The maximum Gasteiger partial charge on any atom is 0.119 e. The van der Waals surface area contributed by atoms with Crippen LogP contribution in [0.25, 0.3) is 0 Å². The van der Waals surface area contributed by atoms with E-state index in [4.69, 9.17) is 4.74 Å². The van der Waals surface area contributed by atoms with Gasteiger partial charge in [0.2, 0.25) is 0 Å². The number of ether oxygens (including phenoxy) is 1. The standard InChI is InChI=1S/C9H14N2O/c1-10-7-11-8-3-5-9(12-2)6-4-8/h3-6,10-11H,7H2,1-2H3. The molecule has 1 rings (SSSR count). The zero-order valence-corrected chi connectivity index (χ0v) is 7.42. The molecule has 0 aliphatic rings. The van der Waals surface area contributed by atoms with Gasteiger partial charge in [0.05, 0.1) is 13.8 Å². The van der Waals surface area contributed by atoms with Crippen LogP contribution >= 0.6 is 0 Å². The van der Waals surface area contributed by atoms with Crippen LogP contribution in [-0.4, -0.2) is 20.8 Å². The van der Waals surface area contributed by atoms with Gasteiger partial charge in [0.1, 0.15) is 5.75 Å². The van der Waals surface area contributed by atoms with E-state index in [0.29, 0.717) is 0 Å².